The molecule has 0 aromatic heterocycles. The van der Waals surface area contributed by atoms with Crippen LogP contribution in [0.25, 0.3) is 0 Å². The highest BCUT2D eigenvalue weighted by Crippen LogP contribution is 2.31. The van der Waals surface area contributed by atoms with Gasteiger partial charge in [0.1, 0.15) is 11.5 Å². The molecule has 1 aliphatic carbocycles. The van der Waals surface area contributed by atoms with Crippen LogP contribution >= 0.6 is 11.6 Å². The van der Waals surface area contributed by atoms with Crippen LogP contribution in [0.15, 0.2) is 41.5 Å². The summed E-state index contributed by atoms with van der Waals surface area (Å²) in [6, 6.07) is 10.3. The summed E-state index contributed by atoms with van der Waals surface area (Å²) in [5.74, 6) is 0.399. The van der Waals surface area contributed by atoms with E-state index in [1.54, 1.807) is 30.3 Å². The zero-order chi connectivity index (χ0) is 17.8. The number of amides is 1. The number of carbonyl (C=O) groups excluding carboxylic acids is 1. The lowest BCUT2D eigenvalue weighted by atomic mass is 9.86. The molecule has 2 N–H and O–H groups in total. The number of hydrogen-bond donors (Lipinski definition) is 2. The van der Waals surface area contributed by atoms with Gasteiger partial charge >= 0.3 is 0 Å². The van der Waals surface area contributed by atoms with Gasteiger partial charge in [0.2, 0.25) is 0 Å². The highest BCUT2D eigenvalue weighted by Gasteiger charge is 2.21. The molecule has 1 aliphatic rings. The van der Waals surface area contributed by atoms with Crippen LogP contribution in [0.4, 0.5) is 0 Å². The van der Waals surface area contributed by atoms with Gasteiger partial charge in [-0.15, -0.1) is 0 Å². The minimum atomic E-state index is -0.360. The van der Waals surface area contributed by atoms with E-state index in [9.17, 15) is 9.90 Å². The molecule has 2 aromatic carbocycles. The van der Waals surface area contributed by atoms with E-state index in [2.05, 4.69) is 10.5 Å². The minimum absolute atomic E-state index is 0.148. The smallest absolute Gasteiger partial charge is 0.277 e. The van der Waals surface area contributed by atoms with Crippen molar-refractivity contribution in [3.63, 3.8) is 0 Å². The van der Waals surface area contributed by atoms with Crippen molar-refractivity contribution in [2.75, 3.05) is 6.61 Å². The van der Waals surface area contributed by atoms with E-state index in [4.69, 9.17) is 16.3 Å². The van der Waals surface area contributed by atoms with Gasteiger partial charge in [-0.25, -0.2) is 5.43 Å². The number of phenols is 1. The third-order valence-corrected chi connectivity index (χ3v) is 4.41. The van der Waals surface area contributed by atoms with E-state index >= 15 is 0 Å². The van der Waals surface area contributed by atoms with Crippen molar-refractivity contribution < 1.29 is 14.6 Å². The SMILES string of the molecule is Cc1ccc(O)c2c1CCC/C2=N\NC(=O)COc1ccc(Cl)cc1. The molecule has 6 heteroatoms. The number of hydrazone groups is 1. The number of nitrogens with one attached hydrogen (secondary N) is 1. The average molecular weight is 359 g/mol. The lowest BCUT2D eigenvalue weighted by Crippen LogP contribution is -2.27. The predicted octanol–water partition coefficient (Wildman–Crippen LogP) is 3.59. The number of phenolic OH excluding ortho intramolecular Hbond substituents is 1. The summed E-state index contributed by atoms with van der Waals surface area (Å²) < 4.78 is 5.39. The molecule has 0 saturated heterocycles. The highest BCUT2D eigenvalue weighted by molar-refractivity contribution is 6.30. The number of halogens is 1. The molecule has 2 aromatic rings. The maximum absolute atomic E-state index is 12.0. The summed E-state index contributed by atoms with van der Waals surface area (Å²) in [6.45, 7) is 1.87. The van der Waals surface area contributed by atoms with Crippen molar-refractivity contribution in [1.29, 1.82) is 0 Å². The first-order valence-corrected chi connectivity index (χ1v) is 8.48. The Morgan fingerprint density at radius 2 is 2.00 bits per heavy atom. The van der Waals surface area contributed by atoms with Gasteiger partial charge < -0.3 is 9.84 Å². The Labute approximate surface area is 151 Å². The fourth-order valence-electron chi connectivity index (χ4n) is 2.90. The maximum atomic E-state index is 12.0. The van der Waals surface area contributed by atoms with Gasteiger partial charge in [0, 0.05) is 10.6 Å². The first-order chi connectivity index (χ1) is 12.0. The van der Waals surface area contributed by atoms with Crippen LogP contribution in [0.2, 0.25) is 5.02 Å². The largest absolute Gasteiger partial charge is 0.507 e. The molecular weight excluding hydrogens is 340 g/mol. The summed E-state index contributed by atoms with van der Waals surface area (Å²) >= 11 is 5.80. The molecule has 0 radical (unpaired) electrons. The number of hydrogen-bond acceptors (Lipinski definition) is 4. The van der Waals surface area contributed by atoms with E-state index in [1.165, 1.54) is 0 Å². The molecule has 0 unspecified atom stereocenters. The monoisotopic (exact) mass is 358 g/mol. The lowest BCUT2D eigenvalue weighted by Gasteiger charge is -2.21. The Morgan fingerprint density at radius 1 is 1.24 bits per heavy atom. The second-order valence-corrected chi connectivity index (χ2v) is 6.38. The fraction of sp³-hybridized carbons (Fsp3) is 0.263. The average Bonchev–Trinajstić information content (AvgIpc) is 2.62. The van der Waals surface area contributed by atoms with Crippen LogP contribution in [-0.2, 0) is 11.2 Å². The molecule has 0 fully saturated rings. The Bertz CT molecular complexity index is 816. The molecule has 130 valence electrons. The summed E-state index contributed by atoms with van der Waals surface area (Å²) in [4.78, 5) is 12.0. The van der Waals surface area contributed by atoms with Gasteiger partial charge in [-0.05, 0) is 67.6 Å². The molecule has 0 spiro atoms. The van der Waals surface area contributed by atoms with Crippen LogP contribution in [0.5, 0.6) is 11.5 Å². The number of benzene rings is 2. The minimum Gasteiger partial charge on any atom is -0.507 e. The molecule has 0 saturated carbocycles. The molecule has 0 atom stereocenters. The first-order valence-electron chi connectivity index (χ1n) is 8.10. The van der Waals surface area contributed by atoms with Crippen LogP contribution < -0.4 is 10.2 Å². The molecule has 1 amide bonds. The summed E-state index contributed by atoms with van der Waals surface area (Å²) in [6.07, 6.45) is 2.55. The van der Waals surface area contributed by atoms with Gasteiger partial charge in [0.05, 0.1) is 5.71 Å². The number of rotatable bonds is 4. The van der Waals surface area contributed by atoms with Crippen LogP contribution in [0, 0.1) is 6.92 Å². The Hall–Kier alpha value is -2.53. The van der Waals surface area contributed by atoms with Gasteiger partial charge in [-0.3, -0.25) is 4.79 Å². The number of carbonyl (C=O) groups is 1. The molecule has 0 bridgehead atoms. The van der Waals surface area contributed by atoms with Crippen molar-refractivity contribution in [3.05, 3.63) is 58.1 Å². The van der Waals surface area contributed by atoms with Gasteiger partial charge in [-0.1, -0.05) is 17.7 Å². The third-order valence-electron chi connectivity index (χ3n) is 4.15. The Balaban J connectivity index is 1.66. The summed E-state index contributed by atoms with van der Waals surface area (Å²) in [5, 5.41) is 15.0. The van der Waals surface area contributed by atoms with Gasteiger partial charge in [-0.2, -0.15) is 5.10 Å². The molecular formula is C19H19ClN2O3. The summed E-state index contributed by atoms with van der Waals surface area (Å²) in [5.41, 5.74) is 6.16. The molecule has 5 nitrogen and oxygen atoms in total. The van der Waals surface area contributed by atoms with E-state index in [0.29, 0.717) is 22.9 Å². The van der Waals surface area contributed by atoms with E-state index in [0.717, 1.165) is 29.5 Å². The zero-order valence-electron chi connectivity index (χ0n) is 13.9. The number of aromatic hydroxyl groups is 1. The van der Waals surface area contributed by atoms with Crippen molar-refractivity contribution in [2.24, 2.45) is 5.10 Å². The Morgan fingerprint density at radius 3 is 2.76 bits per heavy atom. The quantitative estimate of drug-likeness (QED) is 0.820. The molecule has 3 rings (SSSR count). The second-order valence-electron chi connectivity index (χ2n) is 5.94. The van der Waals surface area contributed by atoms with Crippen LogP contribution in [0.3, 0.4) is 0 Å². The number of fused-ring (bicyclic) bond motifs is 1. The van der Waals surface area contributed by atoms with Crippen LogP contribution in [-0.4, -0.2) is 23.3 Å². The standard InChI is InChI=1S/C19H19ClN2O3/c1-12-5-10-17(23)19-15(12)3-2-4-16(19)21-22-18(24)11-25-14-8-6-13(20)7-9-14/h5-10,23H,2-4,11H2,1H3,(H,22,24)/b21-16+. The molecule has 0 heterocycles. The topological polar surface area (TPSA) is 70.9 Å². The number of aryl methyl sites for hydroxylation is 1. The highest BCUT2D eigenvalue weighted by atomic mass is 35.5. The predicted molar refractivity (Wildman–Crippen MR) is 97.4 cm³/mol. The first kappa shape index (κ1) is 17.3. The van der Waals surface area contributed by atoms with Crippen LogP contribution in [0.1, 0.15) is 29.5 Å². The normalized spacial score (nSPS) is 14.9. The van der Waals surface area contributed by atoms with E-state index < -0.39 is 0 Å². The lowest BCUT2D eigenvalue weighted by molar-refractivity contribution is -0.123. The fourth-order valence-corrected chi connectivity index (χ4v) is 3.02. The van der Waals surface area contributed by atoms with E-state index in [1.807, 2.05) is 13.0 Å². The van der Waals surface area contributed by atoms with Crippen molar-refractivity contribution in [3.8, 4) is 11.5 Å². The summed E-state index contributed by atoms with van der Waals surface area (Å²) in [7, 11) is 0. The number of ether oxygens (including phenoxy) is 1. The second kappa shape index (κ2) is 7.57. The molecule has 0 aliphatic heterocycles. The van der Waals surface area contributed by atoms with Gasteiger partial charge in [0.15, 0.2) is 6.61 Å². The van der Waals surface area contributed by atoms with Gasteiger partial charge in [0.25, 0.3) is 5.91 Å². The third kappa shape index (κ3) is 4.12. The number of nitrogens with zero attached hydrogens (tertiary/aromatic N) is 1. The van der Waals surface area contributed by atoms with Crippen molar-refractivity contribution in [2.45, 2.75) is 26.2 Å². The van der Waals surface area contributed by atoms with Crippen molar-refractivity contribution >= 4 is 23.2 Å². The Kier molecular flexibility index (Phi) is 5.24. The molecule has 25 heavy (non-hydrogen) atoms. The zero-order valence-corrected chi connectivity index (χ0v) is 14.6. The maximum Gasteiger partial charge on any atom is 0.277 e. The van der Waals surface area contributed by atoms with E-state index in [-0.39, 0.29) is 18.3 Å². The van der Waals surface area contributed by atoms with Crippen molar-refractivity contribution in [1.82, 2.24) is 5.43 Å².